The number of hydrogen-bond donors (Lipinski definition) is 1. The Bertz CT molecular complexity index is 736. The van der Waals surface area contributed by atoms with Crippen molar-refractivity contribution in [3.63, 3.8) is 0 Å². The lowest BCUT2D eigenvalue weighted by atomic mass is 10.2. The highest BCUT2D eigenvalue weighted by Crippen LogP contribution is 2.63. The lowest BCUT2D eigenvalue weighted by Gasteiger charge is -2.35. The van der Waals surface area contributed by atoms with Gasteiger partial charge in [0.15, 0.2) is 0 Å². The molecule has 2 heterocycles. The summed E-state index contributed by atoms with van der Waals surface area (Å²) in [6, 6.07) is 18.5. The summed E-state index contributed by atoms with van der Waals surface area (Å²) in [5, 5.41) is 11.4. The summed E-state index contributed by atoms with van der Waals surface area (Å²) in [6.07, 6.45) is 0.265. The molecule has 0 bridgehead atoms. The molecule has 2 aromatic carbocycles. The van der Waals surface area contributed by atoms with Gasteiger partial charge < -0.3 is 9.78 Å². The summed E-state index contributed by atoms with van der Waals surface area (Å²) in [5.41, 5.74) is 1.17. The summed E-state index contributed by atoms with van der Waals surface area (Å²) >= 11 is 6.26. The van der Waals surface area contributed by atoms with E-state index in [0.717, 1.165) is 18.4 Å². The van der Waals surface area contributed by atoms with Crippen LogP contribution in [0, 0.1) is 0 Å². The van der Waals surface area contributed by atoms with E-state index in [2.05, 4.69) is 33.6 Å². The molecule has 5 heteroatoms. The number of para-hydroxylation sites is 2. The number of hydrogen-bond acceptors (Lipinski definition) is 2. The Morgan fingerprint density at radius 2 is 1.77 bits per heavy atom. The van der Waals surface area contributed by atoms with Crippen LogP contribution in [0.25, 0.3) is 0 Å². The zero-order valence-corrected chi connectivity index (χ0v) is 14.0. The quantitative estimate of drug-likeness (QED) is 0.855. The van der Waals surface area contributed by atoms with Crippen LogP contribution >= 0.6 is 6.34 Å². The van der Waals surface area contributed by atoms with Gasteiger partial charge in [-0.2, -0.15) is 0 Å². The zero-order chi connectivity index (χ0) is 15.2. The van der Waals surface area contributed by atoms with Crippen LogP contribution in [0.3, 0.4) is 0 Å². The van der Waals surface area contributed by atoms with E-state index in [4.69, 9.17) is 11.8 Å². The number of phenols is 1. The molecule has 2 fully saturated rings. The van der Waals surface area contributed by atoms with Gasteiger partial charge in [0.2, 0.25) is 0 Å². The average molecular weight is 330 g/mol. The summed E-state index contributed by atoms with van der Waals surface area (Å²) < 4.78 is 4.87. The van der Waals surface area contributed by atoms with Crippen molar-refractivity contribution < 1.29 is 5.11 Å². The van der Waals surface area contributed by atoms with Crippen molar-refractivity contribution in [1.29, 1.82) is 0 Å². The summed E-state index contributed by atoms with van der Waals surface area (Å²) in [5.74, 6) is 0.333. The Morgan fingerprint density at radius 1 is 1.05 bits per heavy atom. The van der Waals surface area contributed by atoms with Crippen LogP contribution in [0.1, 0.15) is 12.8 Å². The van der Waals surface area contributed by atoms with Crippen molar-refractivity contribution in [2.24, 2.45) is 0 Å². The number of nitrogens with zero attached hydrogens (tertiary/aromatic N) is 2. The number of aromatic hydroxyl groups is 1. The van der Waals surface area contributed by atoms with Gasteiger partial charge in [-0.25, -0.2) is 0 Å². The van der Waals surface area contributed by atoms with Crippen molar-refractivity contribution >= 4 is 29.1 Å². The molecule has 22 heavy (non-hydrogen) atoms. The monoisotopic (exact) mass is 330 g/mol. The molecule has 0 spiro atoms. The van der Waals surface area contributed by atoms with Crippen LogP contribution in [0.5, 0.6) is 5.75 Å². The van der Waals surface area contributed by atoms with Gasteiger partial charge in [0.25, 0.3) is 0 Å². The molecule has 3 nitrogen and oxygen atoms in total. The van der Waals surface area contributed by atoms with Gasteiger partial charge in [0, 0.05) is 24.8 Å². The van der Waals surface area contributed by atoms with Gasteiger partial charge in [-0.15, -0.1) is 0 Å². The molecule has 2 aromatic rings. The lowest BCUT2D eigenvalue weighted by molar-refractivity contribution is 0.463. The summed E-state index contributed by atoms with van der Waals surface area (Å²) in [4.78, 5) is 0. The third kappa shape index (κ3) is 2.02. The molecule has 2 aliphatic rings. The van der Waals surface area contributed by atoms with Crippen LogP contribution in [-0.4, -0.2) is 28.9 Å². The highest BCUT2D eigenvalue weighted by Gasteiger charge is 2.48. The average Bonchev–Trinajstić information content (AvgIpc) is 3.11. The third-order valence-corrected chi connectivity index (χ3v) is 9.74. The Kier molecular flexibility index (Phi) is 3.48. The fraction of sp³-hybridized carbons (Fsp3) is 0.294. The molecule has 2 aliphatic heterocycles. The van der Waals surface area contributed by atoms with Crippen LogP contribution < -0.4 is 9.97 Å². The molecule has 0 radical (unpaired) electrons. The van der Waals surface area contributed by atoms with Crippen molar-refractivity contribution in [3.8, 4) is 5.75 Å². The van der Waals surface area contributed by atoms with Crippen LogP contribution in [0.2, 0.25) is 0 Å². The number of benzene rings is 2. The molecular formula is C17H19N2OPS. The minimum absolute atomic E-state index is 0.333. The molecule has 4 rings (SSSR count). The minimum Gasteiger partial charge on any atom is -0.507 e. The van der Waals surface area contributed by atoms with Gasteiger partial charge in [-0.1, -0.05) is 42.1 Å². The molecule has 0 saturated carbocycles. The van der Waals surface area contributed by atoms with E-state index in [1.54, 1.807) is 6.07 Å². The maximum atomic E-state index is 10.4. The maximum absolute atomic E-state index is 10.4. The predicted molar refractivity (Wildman–Crippen MR) is 95.5 cm³/mol. The topological polar surface area (TPSA) is 26.7 Å². The first kappa shape index (κ1) is 14.3. The van der Waals surface area contributed by atoms with E-state index >= 15 is 0 Å². The first-order valence-electron chi connectivity index (χ1n) is 7.70. The highest BCUT2D eigenvalue weighted by molar-refractivity contribution is 8.18. The van der Waals surface area contributed by atoms with Crippen LogP contribution in [-0.2, 0) is 11.8 Å². The van der Waals surface area contributed by atoms with E-state index < -0.39 is 6.34 Å². The van der Waals surface area contributed by atoms with Gasteiger partial charge >= 0.3 is 0 Å². The highest BCUT2D eigenvalue weighted by atomic mass is 32.4. The maximum Gasteiger partial charge on any atom is 0.134 e. The van der Waals surface area contributed by atoms with Crippen molar-refractivity contribution in [2.75, 3.05) is 17.8 Å². The molecule has 1 N–H and O–H groups in total. The number of rotatable bonds is 2. The molecule has 0 aliphatic carbocycles. The number of anilines is 1. The predicted octanol–water partition coefficient (Wildman–Crippen LogP) is 3.31. The van der Waals surface area contributed by atoms with Crippen molar-refractivity contribution in [1.82, 2.24) is 4.67 Å². The summed E-state index contributed by atoms with van der Waals surface area (Å²) in [7, 11) is 0. The zero-order valence-electron chi connectivity index (χ0n) is 12.3. The Balaban J connectivity index is 1.88. The smallest absolute Gasteiger partial charge is 0.134 e. The van der Waals surface area contributed by atoms with Gasteiger partial charge in [-0.3, -0.25) is 4.67 Å². The van der Waals surface area contributed by atoms with Gasteiger partial charge in [-0.05, 0) is 37.1 Å². The van der Waals surface area contributed by atoms with Gasteiger partial charge in [0.1, 0.15) is 12.1 Å². The fourth-order valence-corrected chi connectivity index (χ4v) is 8.61. The molecule has 0 amide bonds. The fourth-order valence-electron chi connectivity index (χ4n) is 3.65. The van der Waals surface area contributed by atoms with E-state index in [1.807, 2.05) is 24.3 Å². The van der Waals surface area contributed by atoms with Crippen LogP contribution in [0.15, 0.2) is 54.6 Å². The first-order valence-corrected chi connectivity index (χ1v) is 10.4. The molecule has 0 aromatic heterocycles. The molecule has 0 unspecified atom stereocenters. The lowest BCUT2D eigenvalue weighted by Crippen LogP contribution is -2.27. The SMILES string of the molecule is Oc1ccccc1[P@@]1(=S)N(c2ccccc2)C[C@@H]2CCCN21. The third-order valence-electron chi connectivity index (χ3n) is 4.65. The van der Waals surface area contributed by atoms with Gasteiger partial charge in [0.05, 0.1) is 5.30 Å². The number of fused-ring (bicyclic) bond motifs is 1. The normalized spacial score (nSPS) is 28.0. The van der Waals surface area contributed by atoms with E-state index in [0.29, 0.717) is 11.8 Å². The molecule has 2 atom stereocenters. The number of phenolic OH excluding ortho intramolecular Hbond substituents is 1. The van der Waals surface area contributed by atoms with Crippen molar-refractivity contribution in [3.05, 3.63) is 54.6 Å². The second-order valence-corrected chi connectivity index (χ2v) is 10.0. The largest absolute Gasteiger partial charge is 0.507 e. The van der Waals surface area contributed by atoms with Crippen LogP contribution in [0.4, 0.5) is 5.69 Å². The minimum atomic E-state index is -2.15. The second kappa shape index (κ2) is 5.38. The first-order chi connectivity index (χ1) is 10.7. The molecule has 2 saturated heterocycles. The van der Waals surface area contributed by atoms with Crippen molar-refractivity contribution in [2.45, 2.75) is 18.9 Å². The standard InChI is InChI=1S/C17H19N2OPS/c20-16-10-4-5-11-17(16)21(22)18-12-6-9-15(18)13-19(21)14-7-2-1-3-8-14/h1-5,7-8,10-11,15,20H,6,9,12-13H2/t15-,21-/m0/s1. The van der Waals surface area contributed by atoms with E-state index in [1.165, 1.54) is 18.5 Å². The Morgan fingerprint density at radius 3 is 2.55 bits per heavy atom. The Labute approximate surface area is 136 Å². The summed E-state index contributed by atoms with van der Waals surface area (Å²) in [6.45, 7) is 2.01. The van der Waals surface area contributed by atoms with E-state index in [-0.39, 0.29) is 0 Å². The molecular weight excluding hydrogens is 311 g/mol. The Hall–Kier alpha value is -1.35. The molecule has 114 valence electrons. The second-order valence-electron chi connectivity index (χ2n) is 5.91. The van der Waals surface area contributed by atoms with E-state index in [9.17, 15) is 5.11 Å².